The monoisotopic (exact) mass is 431 g/mol. The highest BCUT2D eigenvalue weighted by molar-refractivity contribution is 9.10. The van der Waals surface area contributed by atoms with Gasteiger partial charge in [0.2, 0.25) is 5.91 Å². The quantitative estimate of drug-likeness (QED) is 0.524. The van der Waals surface area contributed by atoms with Crippen LogP contribution in [0.5, 0.6) is 0 Å². The number of rotatable bonds is 5. The van der Waals surface area contributed by atoms with E-state index in [4.69, 9.17) is 0 Å². The molecule has 0 unspecified atom stereocenters. The molecule has 1 aliphatic heterocycles. The van der Waals surface area contributed by atoms with Crippen LogP contribution in [0.3, 0.4) is 0 Å². The van der Waals surface area contributed by atoms with Gasteiger partial charge in [0.1, 0.15) is 5.69 Å². The summed E-state index contributed by atoms with van der Waals surface area (Å²) in [4.78, 5) is 27.4. The number of carbonyl (C=O) groups excluding carboxylic acids is 1. The van der Waals surface area contributed by atoms with E-state index in [-0.39, 0.29) is 22.4 Å². The third kappa shape index (κ3) is 4.66. The molecule has 0 N–H and O–H groups in total. The van der Waals surface area contributed by atoms with Crippen molar-refractivity contribution in [3.63, 3.8) is 0 Å². The van der Waals surface area contributed by atoms with E-state index in [9.17, 15) is 14.9 Å². The van der Waals surface area contributed by atoms with Gasteiger partial charge in [0.25, 0.3) is 5.69 Å². The Bertz CT molecular complexity index is 817. The molecule has 0 radical (unpaired) electrons. The number of amides is 1. The van der Waals surface area contributed by atoms with Gasteiger partial charge in [0.05, 0.1) is 4.92 Å². The first kappa shape index (κ1) is 19.4. The predicted octanol–water partition coefficient (Wildman–Crippen LogP) is 4.23. The van der Waals surface area contributed by atoms with Crippen LogP contribution in [0.25, 0.3) is 0 Å². The zero-order chi connectivity index (χ0) is 19.4. The third-order valence-electron chi connectivity index (χ3n) is 4.97. The number of benzene rings is 2. The first-order valence-corrected chi connectivity index (χ1v) is 9.73. The van der Waals surface area contributed by atoms with E-state index in [0.29, 0.717) is 38.2 Å². The Balaban J connectivity index is 1.59. The van der Waals surface area contributed by atoms with Crippen molar-refractivity contribution in [1.29, 1.82) is 0 Å². The highest BCUT2D eigenvalue weighted by atomic mass is 79.9. The Morgan fingerprint density at radius 1 is 1.19 bits per heavy atom. The number of anilines is 1. The summed E-state index contributed by atoms with van der Waals surface area (Å²) in [5.74, 6) is 0.101. The molecule has 1 heterocycles. The maximum absolute atomic E-state index is 12.8. The average molecular weight is 432 g/mol. The number of hydrogen-bond donors (Lipinski definition) is 0. The number of carbonyl (C=O) groups is 1. The van der Waals surface area contributed by atoms with Crippen LogP contribution in [-0.4, -0.2) is 35.9 Å². The smallest absolute Gasteiger partial charge is 0.292 e. The summed E-state index contributed by atoms with van der Waals surface area (Å²) >= 11 is 3.41. The lowest BCUT2D eigenvalue weighted by molar-refractivity contribution is -0.384. The molecule has 7 heteroatoms. The molecule has 1 fully saturated rings. The Labute approximate surface area is 167 Å². The van der Waals surface area contributed by atoms with Crippen molar-refractivity contribution in [2.24, 2.45) is 5.92 Å². The van der Waals surface area contributed by atoms with E-state index < -0.39 is 0 Å². The standard InChI is InChI=1S/C20H22BrN3O3/c1-22(14-15-6-8-17(21)9-7-15)20(25)16-10-12-23(13-11-16)18-4-2-3-5-19(18)24(26)27/h2-9,16H,10-14H2,1H3. The van der Waals surface area contributed by atoms with Crippen molar-refractivity contribution >= 4 is 33.2 Å². The summed E-state index contributed by atoms with van der Waals surface area (Å²) in [6.07, 6.45) is 1.41. The number of piperidine rings is 1. The summed E-state index contributed by atoms with van der Waals surface area (Å²) in [6, 6.07) is 14.7. The Morgan fingerprint density at radius 2 is 1.81 bits per heavy atom. The van der Waals surface area contributed by atoms with Crippen molar-refractivity contribution in [1.82, 2.24) is 4.90 Å². The molecule has 0 aromatic heterocycles. The molecular weight excluding hydrogens is 410 g/mol. The zero-order valence-corrected chi connectivity index (χ0v) is 16.8. The summed E-state index contributed by atoms with van der Waals surface area (Å²) in [5.41, 5.74) is 1.85. The number of nitrogens with zero attached hydrogens (tertiary/aromatic N) is 3. The lowest BCUT2D eigenvalue weighted by atomic mass is 9.94. The van der Waals surface area contributed by atoms with E-state index in [1.807, 2.05) is 42.3 Å². The van der Waals surface area contributed by atoms with Gasteiger partial charge in [-0.2, -0.15) is 0 Å². The van der Waals surface area contributed by atoms with Crippen molar-refractivity contribution in [3.05, 3.63) is 68.7 Å². The zero-order valence-electron chi connectivity index (χ0n) is 15.2. The van der Waals surface area contributed by atoms with Crippen LogP contribution in [0.2, 0.25) is 0 Å². The topological polar surface area (TPSA) is 66.7 Å². The molecule has 1 saturated heterocycles. The molecule has 1 amide bonds. The molecule has 3 rings (SSSR count). The van der Waals surface area contributed by atoms with Crippen LogP contribution >= 0.6 is 15.9 Å². The molecular formula is C20H22BrN3O3. The molecule has 0 atom stereocenters. The molecule has 2 aromatic rings. The van der Waals surface area contributed by atoms with Gasteiger partial charge in [-0.1, -0.05) is 40.2 Å². The maximum atomic E-state index is 12.8. The summed E-state index contributed by atoms with van der Waals surface area (Å²) < 4.78 is 1.02. The molecule has 0 spiro atoms. The minimum absolute atomic E-state index is 0.0375. The van der Waals surface area contributed by atoms with Crippen molar-refractivity contribution in [2.45, 2.75) is 19.4 Å². The van der Waals surface area contributed by atoms with Gasteiger partial charge in [-0.05, 0) is 36.6 Å². The van der Waals surface area contributed by atoms with Crippen LogP contribution in [-0.2, 0) is 11.3 Å². The van der Waals surface area contributed by atoms with Gasteiger partial charge in [0.15, 0.2) is 0 Å². The minimum atomic E-state index is -0.349. The molecule has 0 aliphatic carbocycles. The average Bonchev–Trinajstić information content (AvgIpc) is 2.69. The Kier molecular flexibility index (Phi) is 6.11. The van der Waals surface area contributed by atoms with Crippen LogP contribution in [0.4, 0.5) is 11.4 Å². The maximum Gasteiger partial charge on any atom is 0.292 e. The number of halogens is 1. The first-order valence-electron chi connectivity index (χ1n) is 8.93. The Hall–Kier alpha value is -2.41. The molecule has 142 valence electrons. The second-order valence-corrected chi connectivity index (χ2v) is 7.74. The number of para-hydroxylation sites is 2. The molecule has 0 bridgehead atoms. The van der Waals surface area contributed by atoms with Crippen molar-refractivity contribution in [3.8, 4) is 0 Å². The number of hydrogen-bond acceptors (Lipinski definition) is 4. The van der Waals surface area contributed by atoms with Crippen LogP contribution < -0.4 is 4.90 Å². The number of nitro groups is 1. The van der Waals surface area contributed by atoms with Crippen molar-refractivity contribution in [2.75, 3.05) is 25.0 Å². The summed E-state index contributed by atoms with van der Waals surface area (Å²) in [7, 11) is 1.83. The van der Waals surface area contributed by atoms with Gasteiger partial charge in [-0.3, -0.25) is 14.9 Å². The van der Waals surface area contributed by atoms with Crippen LogP contribution in [0.15, 0.2) is 53.0 Å². The van der Waals surface area contributed by atoms with Gasteiger partial charge in [-0.15, -0.1) is 0 Å². The summed E-state index contributed by atoms with van der Waals surface area (Å²) in [6.45, 7) is 1.87. The largest absolute Gasteiger partial charge is 0.366 e. The second-order valence-electron chi connectivity index (χ2n) is 6.83. The van der Waals surface area contributed by atoms with Gasteiger partial charge in [-0.25, -0.2) is 0 Å². The Morgan fingerprint density at radius 3 is 2.44 bits per heavy atom. The van der Waals surface area contributed by atoms with E-state index in [1.54, 1.807) is 17.0 Å². The fourth-order valence-corrected chi connectivity index (χ4v) is 3.77. The minimum Gasteiger partial charge on any atom is -0.366 e. The molecule has 27 heavy (non-hydrogen) atoms. The first-order chi connectivity index (χ1) is 13.0. The molecule has 0 saturated carbocycles. The van der Waals surface area contributed by atoms with Gasteiger partial charge in [0, 0.05) is 43.1 Å². The molecule has 1 aliphatic rings. The highest BCUT2D eigenvalue weighted by Gasteiger charge is 2.29. The van der Waals surface area contributed by atoms with E-state index >= 15 is 0 Å². The highest BCUT2D eigenvalue weighted by Crippen LogP contribution is 2.31. The molecule has 6 nitrogen and oxygen atoms in total. The van der Waals surface area contributed by atoms with E-state index in [1.165, 1.54) is 6.07 Å². The third-order valence-corrected chi connectivity index (χ3v) is 5.50. The van der Waals surface area contributed by atoms with Crippen LogP contribution in [0.1, 0.15) is 18.4 Å². The lowest BCUT2D eigenvalue weighted by Gasteiger charge is -2.34. The van der Waals surface area contributed by atoms with Crippen LogP contribution in [0, 0.1) is 16.0 Å². The normalized spacial score (nSPS) is 14.8. The second kappa shape index (κ2) is 8.52. The fourth-order valence-electron chi connectivity index (χ4n) is 3.51. The lowest BCUT2D eigenvalue weighted by Crippen LogP contribution is -2.41. The number of nitro benzene ring substituents is 1. The van der Waals surface area contributed by atoms with Gasteiger partial charge >= 0.3 is 0 Å². The summed E-state index contributed by atoms with van der Waals surface area (Å²) in [5, 5.41) is 11.2. The van der Waals surface area contributed by atoms with Crippen molar-refractivity contribution < 1.29 is 9.72 Å². The van der Waals surface area contributed by atoms with E-state index in [0.717, 1.165) is 10.0 Å². The SMILES string of the molecule is CN(Cc1ccc(Br)cc1)C(=O)C1CCN(c2ccccc2[N+](=O)[O-])CC1. The van der Waals surface area contributed by atoms with Gasteiger partial charge < -0.3 is 9.80 Å². The fraction of sp³-hybridized carbons (Fsp3) is 0.350. The predicted molar refractivity (Wildman–Crippen MR) is 109 cm³/mol. The van der Waals surface area contributed by atoms with E-state index in [2.05, 4.69) is 15.9 Å². The molecule has 2 aromatic carbocycles.